The number of nitrogens with zero attached hydrogens (tertiary/aromatic N) is 6. The number of hydrogen-bond donors (Lipinski definition) is 2. The highest BCUT2D eigenvalue weighted by Gasteiger charge is 2.22. The first-order chi connectivity index (χ1) is 18.5. The molecule has 4 aromatic rings. The Bertz CT molecular complexity index is 1410. The maximum atomic E-state index is 13.4. The summed E-state index contributed by atoms with van der Waals surface area (Å²) in [5, 5.41) is 6.93. The van der Waals surface area contributed by atoms with Crippen molar-refractivity contribution >= 4 is 40.6 Å². The van der Waals surface area contributed by atoms with Crippen molar-refractivity contribution in [2.45, 2.75) is 26.4 Å². The molecule has 2 aromatic carbocycles. The van der Waals surface area contributed by atoms with Gasteiger partial charge in [-0.1, -0.05) is 41.9 Å². The Labute approximate surface area is 225 Å². The quantitative estimate of drug-likeness (QED) is 0.361. The lowest BCUT2D eigenvalue weighted by molar-refractivity contribution is 0.202. The summed E-state index contributed by atoms with van der Waals surface area (Å²) < 4.78 is 15.3. The van der Waals surface area contributed by atoms with Crippen molar-refractivity contribution in [2.75, 3.05) is 42.9 Å². The number of carbonyl (C=O) groups excluding carboxylic acids is 1. The van der Waals surface area contributed by atoms with E-state index in [0.717, 1.165) is 24.1 Å². The van der Waals surface area contributed by atoms with Gasteiger partial charge in [0.1, 0.15) is 5.82 Å². The number of fused-ring (bicyclic) bond motifs is 1. The molecule has 0 aliphatic carbocycles. The number of nitrogens with one attached hydrogen (secondary N) is 2. The van der Waals surface area contributed by atoms with Crippen LogP contribution in [0.25, 0.3) is 11.2 Å². The highest BCUT2D eigenvalue weighted by molar-refractivity contribution is 6.31. The standard InChI is InChI=1S/C27H30ClFN8O/c1-2-30-27(38)36-13-5-12-35(14-15-36)26-33-24(31-16-19-8-10-21(29)11-9-19)23-25(34-26)37(18-32-23)17-20-6-3-4-7-22(20)28/h3-4,6-11,18H,2,5,12-17H2,1H3,(H,30,38)(H,31,33,34). The van der Waals surface area contributed by atoms with Crippen molar-refractivity contribution in [3.63, 3.8) is 0 Å². The minimum absolute atomic E-state index is 0.0507. The molecule has 0 bridgehead atoms. The molecule has 11 heteroatoms. The number of anilines is 2. The van der Waals surface area contributed by atoms with Gasteiger partial charge in [-0.3, -0.25) is 0 Å². The van der Waals surface area contributed by atoms with Crippen LogP contribution in [0.4, 0.5) is 21.0 Å². The third-order valence-corrected chi connectivity index (χ3v) is 6.89. The minimum atomic E-state index is -0.276. The Hall–Kier alpha value is -3.92. The van der Waals surface area contributed by atoms with Crippen LogP contribution in [0, 0.1) is 5.82 Å². The summed E-state index contributed by atoms with van der Waals surface area (Å²) in [4.78, 5) is 30.7. The summed E-state index contributed by atoms with van der Waals surface area (Å²) in [6.07, 6.45) is 2.55. The molecule has 9 nitrogen and oxygen atoms in total. The zero-order valence-corrected chi connectivity index (χ0v) is 22.0. The van der Waals surface area contributed by atoms with Crippen LogP contribution in [0.1, 0.15) is 24.5 Å². The maximum absolute atomic E-state index is 13.4. The highest BCUT2D eigenvalue weighted by atomic mass is 35.5. The number of aromatic nitrogens is 4. The van der Waals surface area contributed by atoms with E-state index < -0.39 is 0 Å². The molecule has 1 aliphatic heterocycles. The molecular weight excluding hydrogens is 507 g/mol. The molecule has 1 fully saturated rings. The predicted molar refractivity (Wildman–Crippen MR) is 147 cm³/mol. The summed E-state index contributed by atoms with van der Waals surface area (Å²) in [7, 11) is 0. The summed E-state index contributed by atoms with van der Waals surface area (Å²) in [5.74, 6) is 0.886. The van der Waals surface area contributed by atoms with E-state index in [-0.39, 0.29) is 11.8 Å². The number of carbonyl (C=O) groups is 1. The molecule has 2 amide bonds. The van der Waals surface area contributed by atoms with Gasteiger partial charge in [0.2, 0.25) is 5.95 Å². The van der Waals surface area contributed by atoms with Gasteiger partial charge in [-0.2, -0.15) is 9.97 Å². The Morgan fingerprint density at radius 2 is 1.87 bits per heavy atom. The number of benzene rings is 2. The number of urea groups is 1. The molecule has 0 atom stereocenters. The van der Waals surface area contributed by atoms with Gasteiger partial charge in [-0.25, -0.2) is 14.2 Å². The first-order valence-corrected chi connectivity index (χ1v) is 13.1. The second-order valence-corrected chi connectivity index (χ2v) is 9.56. The lowest BCUT2D eigenvalue weighted by Crippen LogP contribution is -2.42. The van der Waals surface area contributed by atoms with E-state index in [0.29, 0.717) is 67.2 Å². The van der Waals surface area contributed by atoms with E-state index in [2.05, 4.69) is 20.5 Å². The Kier molecular flexibility index (Phi) is 7.88. The first-order valence-electron chi connectivity index (χ1n) is 12.7. The normalized spacial score (nSPS) is 14.0. The molecule has 1 aliphatic rings. The van der Waals surface area contributed by atoms with Crippen molar-refractivity contribution in [1.29, 1.82) is 0 Å². The van der Waals surface area contributed by atoms with E-state index in [1.54, 1.807) is 18.5 Å². The number of rotatable bonds is 7. The Balaban J connectivity index is 1.46. The Morgan fingerprint density at radius 3 is 2.66 bits per heavy atom. The van der Waals surface area contributed by atoms with E-state index in [4.69, 9.17) is 21.6 Å². The van der Waals surface area contributed by atoms with E-state index in [1.807, 2.05) is 40.7 Å². The van der Waals surface area contributed by atoms with Gasteiger partial charge in [-0.05, 0) is 42.7 Å². The minimum Gasteiger partial charge on any atom is -0.364 e. The Morgan fingerprint density at radius 1 is 1.05 bits per heavy atom. The van der Waals surface area contributed by atoms with Crippen molar-refractivity contribution in [3.05, 3.63) is 76.8 Å². The molecule has 2 aromatic heterocycles. The van der Waals surface area contributed by atoms with Gasteiger partial charge in [0, 0.05) is 44.3 Å². The molecule has 0 saturated carbocycles. The van der Waals surface area contributed by atoms with Crippen molar-refractivity contribution in [3.8, 4) is 0 Å². The third-order valence-electron chi connectivity index (χ3n) is 6.52. The van der Waals surface area contributed by atoms with E-state index in [1.165, 1.54) is 12.1 Å². The van der Waals surface area contributed by atoms with Crippen LogP contribution in [-0.4, -0.2) is 63.2 Å². The van der Waals surface area contributed by atoms with Gasteiger partial charge >= 0.3 is 6.03 Å². The van der Waals surface area contributed by atoms with Gasteiger partial charge in [0.05, 0.1) is 12.9 Å². The number of halogens is 2. The lowest BCUT2D eigenvalue weighted by atomic mass is 10.2. The fraction of sp³-hybridized carbons (Fsp3) is 0.333. The summed E-state index contributed by atoms with van der Waals surface area (Å²) in [5.41, 5.74) is 3.20. The summed E-state index contributed by atoms with van der Waals surface area (Å²) >= 11 is 6.43. The summed E-state index contributed by atoms with van der Waals surface area (Å²) in [6, 6.07) is 14.0. The van der Waals surface area contributed by atoms with E-state index in [9.17, 15) is 9.18 Å². The van der Waals surface area contributed by atoms with Crippen LogP contribution in [-0.2, 0) is 13.1 Å². The average molecular weight is 537 g/mol. The predicted octanol–water partition coefficient (Wildman–Crippen LogP) is 4.52. The van der Waals surface area contributed by atoms with Gasteiger partial charge < -0.3 is 25.0 Å². The number of imidazole rings is 1. The molecule has 3 heterocycles. The first kappa shape index (κ1) is 25.7. The SMILES string of the molecule is CCNC(=O)N1CCCN(c2nc(NCc3ccc(F)cc3)c3ncn(Cc4ccccc4Cl)c3n2)CC1. The van der Waals surface area contributed by atoms with Crippen molar-refractivity contribution in [1.82, 2.24) is 29.7 Å². The molecule has 1 saturated heterocycles. The second kappa shape index (κ2) is 11.6. The topological polar surface area (TPSA) is 91.2 Å². The maximum Gasteiger partial charge on any atom is 0.317 e. The van der Waals surface area contributed by atoms with Crippen molar-refractivity contribution < 1.29 is 9.18 Å². The lowest BCUT2D eigenvalue weighted by Gasteiger charge is -2.23. The number of amides is 2. The van der Waals surface area contributed by atoms with Crippen LogP contribution >= 0.6 is 11.6 Å². The fourth-order valence-corrected chi connectivity index (χ4v) is 4.69. The summed E-state index contributed by atoms with van der Waals surface area (Å²) in [6.45, 7) is 6.04. The third kappa shape index (κ3) is 5.80. The molecular formula is C27H30ClFN8O. The van der Waals surface area contributed by atoms with E-state index >= 15 is 0 Å². The van der Waals surface area contributed by atoms with Crippen LogP contribution in [0.2, 0.25) is 5.02 Å². The van der Waals surface area contributed by atoms with Gasteiger partial charge in [0.15, 0.2) is 17.0 Å². The van der Waals surface area contributed by atoms with Gasteiger partial charge in [-0.15, -0.1) is 0 Å². The number of hydrogen-bond acceptors (Lipinski definition) is 6. The van der Waals surface area contributed by atoms with Crippen LogP contribution in [0.15, 0.2) is 54.9 Å². The fourth-order valence-electron chi connectivity index (χ4n) is 4.49. The molecule has 0 radical (unpaired) electrons. The van der Waals surface area contributed by atoms with Crippen LogP contribution < -0.4 is 15.5 Å². The largest absolute Gasteiger partial charge is 0.364 e. The average Bonchev–Trinajstić information content (AvgIpc) is 3.15. The molecule has 0 unspecified atom stereocenters. The molecule has 2 N–H and O–H groups in total. The molecule has 38 heavy (non-hydrogen) atoms. The molecule has 0 spiro atoms. The molecule has 5 rings (SSSR count). The molecule has 198 valence electrons. The van der Waals surface area contributed by atoms with Crippen molar-refractivity contribution in [2.24, 2.45) is 0 Å². The monoisotopic (exact) mass is 536 g/mol. The smallest absolute Gasteiger partial charge is 0.317 e. The second-order valence-electron chi connectivity index (χ2n) is 9.15. The zero-order chi connectivity index (χ0) is 26.5. The van der Waals surface area contributed by atoms with Crippen LogP contribution in [0.5, 0.6) is 0 Å². The van der Waals surface area contributed by atoms with Crippen LogP contribution in [0.3, 0.4) is 0 Å². The highest BCUT2D eigenvalue weighted by Crippen LogP contribution is 2.26. The van der Waals surface area contributed by atoms with Gasteiger partial charge in [0.25, 0.3) is 0 Å². The zero-order valence-electron chi connectivity index (χ0n) is 21.2.